The zero-order valence-corrected chi connectivity index (χ0v) is 13.4. The van der Waals surface area contributed by atoms with Gasteiger partial charge in [-0.1, -0.05) is 24.3 Å². The van der Waals surface area contributed by atoms with E-state index in [0.29, 0.717) is 12.8 Å². The van der Waals surface area contributed by atoms with Crippen LogP contribution in [0.4, 0.5) is 5.69 Å². The van der Waals surface area contributed by atoms with Gasteiger partial charge in [0.05, 0.1) is 13.4 Å². The van der Waals surface area contributed by atoms with Crippen molar-refractivity contribution in [2.45, 2.75) is 19.8 Å². The molecule has 120 valence electrons. The molecule has 2 aromatic carbocycles. The average molecular weight is 311 g/mol. The van der Waals surface area contributed by atoms with Crippen molar-refractivity contribution < 1.29 is 14.6 Å². The van der Waals surface area contributed by atoms with Gasteiger partial charge in [0.25, 0.3) is 0 Å². The second-order valence-corrected chi connectivity index (χ2v) is 5.29. The number of hydrogen-bond acceptors (Lipinski definition) is 3. The highest BCUT2D eigenvalue weighted by Gasteiger charge is 2.04. The van der Waals surface area contributed by atoms with Crippen LogP contribution in [0.15, 0.2) is 54.8 Å². The topological polar surface area (TPSA) is 58.6 Å². The number of anilines is 1. The number of nitrogens with one attached hydrogen (secondary N) is 1. The summed E-state index contributed by atoms with van der Waals surface area (Å²) in [6.45, 7) is 1.82. The molecule has 0 aliphatic rings. The third-order valence-corrected chi connectivity index (χ3v) is 3.62. The molecule has 4 nitrogen and oxygen atoms in total. The van der Waals surface area contributed by atoms with Gasteiger partial charge in [0.2, 0.25) is 5.91 Å². The van der Waals surface area contributed by atoms with Crippen LogP contribution in [-0.4, -0.2) is 18.1 Å². The fourth-order valence-electron chi connectivity index (χ4n) is 2.16. The number of carbonyl (C=O) groups excluding carboxylic acids is 1. The van der Waals surface area contributed by atoms with E-state index in [1.165, 1.54) is 0 Å². The van der Waals surface area contributed by atoms with Gasteiger partial charge in [0, 0.05) is 12.1 Å². The molecule has 0 spiro atoms. The summed E-state index contributed by atoms with van der Waals surface area (Å²) in [5, 5.41) is 11.8. The Labute approximate surface area is 136 Å². The zero-order valence-electron chi connectivity index (χ0n) is 13.4. The highest BCUT2D eigenvalue weighted by Crippen LogP contribution is 2.17. The zero-order chi connectivity index (χ0) is 16.7. The number of amides is 1. The number of rotatable bonds is 6. The Kier molecular flexibility index (Phi) is 5.80. The molecule has 0 radical (unpaired) electrons. The molecule has 0 aliphatic heterocycles. The lowest BCUT2D eigenvalue weighted by Gasteiger charge is -2.07. The number of aliphatic hydroxyl groups is 1. The second kappa shape index (κ2) is 8.03. The first-order chi connectivity index (χ1) is 11.1. The molecule has 0 heterocycles. The number of benzene rings is 2. The molecule has 2 aromatic rings. The number of carbonyl (C=O) groups is 1. The Morgan fingerprint density at radius 1 is 1.13 bits per heavy atom. The molecule has 1 amide bonds. The third-order valence-electron chi connectivity index (χ3n) is 3.62. The van der Waals surface area contributed by atoms with Crippen molar-refractivity contribution in [3.05, 3.63) is 65.9 Å². The van der Waals surface area contributed by atoms with E-state index in [0.717, 1.165) is 34.4 Å². The van der Waals surface area contributed by atoms with Gasteiger partial charge in [-0.3, -0.25) is 4.79 Å². The monoisotopic (exact) mass is 311 g/mol. The summed E-state index contributed by atoms with van der Waals surface area (Å²) >= 11 is 0. The van der Waals surface area contributed by atoms with Gasteiger partial charge in [-0.15, -0.1) is 0 Å². The SMILES string of the molecule is COc1ccc(CCC(=O)Nc2ccc(/C(C)=C/O)cc2)cc1. The fraction of sp³-hybridized carbons (Fsp3) is 0.211. The summed E-state index contributed by atoms with van der Waals surface area (Å²) in [7, 11) is 1.63. The first-order valence-electron chi connectivity index (χ1n) is 7.46. The first-order valence-corrected chi connectivity index (χ1v) is 7.46. The molecule has 2 N–H and O–H groups in total. The first kappa shape index (κ1) is 16.6. The van der Waals surface area contributed by atoms with E-state index < -0.39 is 0 Å². The molecule has 0 fully saturated rings. The predicted octanol–water partition coefficient (Wildman–Crippen LogP) is 4.19. The van der Waals surface area contributed by atoms with Crippen LogP contribution in [0, 0.1) is 0 Å². The lowest BCUT2D eigenvalue weighted by molar-refractivity contribution is -0.116. The standard InChI is InChI=1S/C19H21NO3/c1-14(13-21)16-6-8-17(9-7-16)20-19(22)12-5-15-3-10-18(23-2)11-4-15/h3-4,6-11,13,21H,5,12H2,1-2H3,(H,20,22)/b14-13+. The Balaban J connectivity index is 1.86. The van der Waals surface area contributed by atoms with E-state index in [9.17, 15) is 4.79 Å². The Morgan fingerprint density at radius 3 is 2.35 bits per heavy atom. The van der Waals surface area contributed by atoms with Gasteiger partial charge >= 0.3 is 0 Å². The minimum absolute atomic E-state index is 0.0250. The van der Waals surface area contributed by atoms with Crippen LogP contribution < -0.4 is 10.1 Å². The van der Waals surface area contributed by atoms with Crippen LogP contribution in [0.25, 0.3) is 5.57 Å². The maximum Gasteiger partial charge on any atom is 0.224 e. The van der Waals surface area contributed by atoms with E-state index in [4.69, 9.17) is 9.84 Å². The number of aryl methyl sites for hydroxylation is 1. The number of aliphatic hydroxyl groups excluding tert-OH is 1. The second-order valence-electron chi connectivity index (χ2n) is 5.29. The van der Waals surface area contributed by atoms with E-state index in [2.05, 4.69) is 5.32 Å². The van der Waals surface area contributed by atoms with Crippen LogP contribution in [0.5, 0.6) is 5.75 Å². The maximum atomic E-state index is 12.0. The highest BCUT2D eigenvalue weighted by atomic mass is 16.5. The third kappa shape index (κ3) is 4.88. The van der Waals surface area contributed by atoms with E-state index in [1.807, 2.05) is 55.5 Å². The van der Waals surface area contributed by atoms with Crippen LogP contribution in [0.1, 0.15) is 24.5 Å². The molecule has 2 rings (SSSR count). The fourth-order valence-corrected chi connectivity index (χ4v) is 2.16. The Bertz CT molecular complexity index is 673. The molecule has 23 heavy (non-hydrogen) atoms. The summed E-state index contributed by atoms with van der Waals surface area (Å²) < 4.78 is 5.11. The molecule has 0 unspecified atom stereocenters. The minimum atomic E-state index is -0.0250. The van der Waals surface area contributed by atoms with Crippen molar-refractivity contribution >= 4 is 17.2 Å². The lowest BCUT2D eigenvalue weighted by Crippen LogP contribution is -2.12. The largest absolute Gasteiger partial charge is 0.515 e. The molecule has 4 heteroatoms. The quantitative estimate of drug-likeness (QED) is 0.787. The van der Waals surface area contributed by atoms with E-state index in [-0.39, 0.29) is 5.91 Å². The summed E-state index contributed by atoms with van der Waals surface area (Å²) in [6.07, 6.45) is 2.17. The van der Waals surface area contributed by atoms with Gasteiger partial charge in [-0.05, 0) is 54.3 Å². The van der Waals surface area contributed by atoms with Crippen molar-refractivity contribution in [1.82, 2.24) is 0 Å². The average Bonchev–Trinajstić information content (AvgIpc) is 2.60. The van der Waals surface area contributed by atoms with Gasteiger partial charge in [0.1, 0.15) is 5.75 Å². The lowest BCUT2D eigenvalue weighted by atomic mass is 10.1. The summed E-state index contributed by atoms with van der Waals surface area (Å²) in [4.78, 5) is 12.0. The minimum Gasteiger partial charge on any atom is -0.515 e. The van der Waals surface area contributed by atoms with Gasteiger partial charge in [-0.25, -0.2) is 0 Å². The Morgan fingerprint density at radius 2 is 1.78 bits per heavy atom. The molecule has 0 saturated heterocycles. The van der Waals surface area contributed by atoms with Gasteiger partial charge in [0.15, 0.2) is 0 Å². The van der Waals surface area contributed by atoms with Crippen molar-refractivity contribution in [3.8, 4) is 5.75 Å². The molecular weight excluding hydrogens is 290 g/mol. The van der Waals surface area contributed by atoms with Crippen molar-refractivity contribution in [2.24, 2.45) is 0 Å². The molecule has 0 aliphatic carbocycles. The highest BCUT2D eigenvalue weighted by molar-refractivity contribution is 5.91. The van der Waals surface area contributed by atoms with Gasteiger partial charge in [-0.2, -0.15) is 0 Å². The number of methoxy groups -OCH3 is 1. The molecule has 0 bridgehead atoms. The van der Waals surface area contributed by atoms with E-state index >= 15 is 0 Å². The van der Waals surface area contributed by atoms with Crippen LogP contribution in [0.3, 0.4) is 0 Å². The maximum absolute atomic E-state index is 12.0. The number of ether oxygens (including phenoxy) is 1. The van der Waals surface area contributed by atoms with Crippen molar-refractivity contribution in [2.75, 3.05) is 12.4 Å². The normalized spacial score (nSPS) is 11.1. The molecular formula is C19H21NO3. The number of allylic oxidation sites excluding steroid dienone is 1. The summed E-state index contributed by atoms with van der Waals surface area (Å²) in [5.74, 6) is 0.786. The number of hydrogen-bond donors (Lipinski definition) is 2. The van der Waals surface area contributed by atoms with Crippen molar-refractivity contribution in [1.29, 1.82) is 0 Å². The van der Waals surface area contributed by atoms with Crippen LogP contribution in [0.2, 0.25) is 0 Å². The smallest absolute Gasteiger partial charge is 0.224 e. The molecule has 0 atom stereocenters. The molecule has 0 saturated carbocycles. The summed E-state index contributed by atoms with van der Waals surface area (Å²) in [6, 6.07) is 15.1. The predicted molar refractivity (Wildman–Crippen MR) is 92.7 cm³/mol. The van der Waals surface area contributed by atoms with Gasteiger partial charge < -0.3 is 15.2 Å². The molecule has 0 aromatic heterocycles. The van der Waals surface area contributed by atoms with Crippen LogP contribution in [-0.2, 0) is 11.2 Å². The van der Waals surface area contributed by atoms with E-state index in [1.54, 1.807) is 7.11 Å². The van der Waals surface area contributed by atoms with Crippen molar-refractivity contribution in [3.63, 3.8) is 0 Å². The summed E-state index contributed by atoms with van der Waals surface area (Å²) in [5.41, 5.74) is 3.55. The van der Waals surface area contributed by atoms with Crippen LogP contribution >= 0.6 is 0 Å². The Hall–Kier alpha value is -2.75.